The summed E-state index contributed by atoms with van der Waals surface area (Å²) in [6.45, 7) is 7.06. The minimum Gasteiger partial charge on any atom is -0.491 e. The highest BCUT2D eigenvalue weighted by Crippen LogP contribution is 2.26. The van der Waals surface area contributed by atoms with Gasteiger partial charge in [-0.25, -0.2) is 9.37 Å². The van der Waals surface area contributed by atoms with E-state index in [0.29, 0.717) is 23.3 Å². The SMILES string of the molecule is CC(C)Oc1ccccc1CN1CCC(Cc2nc(-c3ccc(F)cn3)no2)CC1. The Morgan fingerprint density at radius 3 is 2.70 bits per heavy atom. The Morgan fingerprint density at radius 1 is 1.17 bits per heavy atom. The summed E-state index contributed by atoms with van der Waals surface area (Å²) in [4.78, 5) is 10.9. The second-order valence-electron chi connectivity index (χ2n) is 8.07. The average Bonchev–Trinajstić information content (AvgIpc) is 3.19. The van der Waals surface area contributed by atoms with Crippen LogP contribution in [-0.4, -0.2) is 39.2 Å². The van der Waals surface area contributed by atoms with Gasteiger partial charge < -0.3 is 9.26 Å². The van der Waals surface area contributed by atoms with Crippen molar-refractivity contribution in [2.75, 3.05) is 13.1 Å². The highest BCUT2D eigenvalue weighted by Gasteiger charge is 2.23. The molecule has 0 spiro atoms. The Bertz CT molecular complexity index is 950. The van der Waals surface area contributed by atoms with Crippen LogP contribution < -0.4 is 4.74 Å². The van der Waals surface area contributed by atoms with E-state index < -0.39 is 0 Å². The molecule has 0 atom stereocenters. The van der Waals surface area contributed by atoms with Gasteiger partial charge in [0.1, 0.15) is 17.3 Å². The van der Waals surface area contributed by atoms with Gasteiger partial charge in [0.2, 0.25) is 11.7 Å². The molecule has 1 fully saturated rings. The maximum atomic E-state index is 13.0. The van der Waals surface area contributed by atoms with Gasteiger partial charge in [-0.3, -0.25) is 4.90 Å². The zero-order chi connectivity index (χ0) is 20.9. The van der Waals surface area contributed by atoms with Crippen molar-refractivity contribution in [3.63, 3.8) is 0 Å². The van der Waals surface area contributed by atoms with Crippen LogP contribution >= 0.6 is 0 Å². The van der Waals surface area contributed by atoms with Gasteiger partial charge in [0.15, 0.2) is 0 Å². The summed E-state index contributed by atoms with van der Waals surface area (Å²) in [5.74, 6) is 2.13. The number of hydrogen-bond donors (Lipinski definition) is 0. The van der Waals surface area contributed by atoms with Crippen LogP contribution in [0, 0.1) is 11.7 Å². The second kappa shape index (κ2) is 9.34. The number of pyridine rings is 1. The summed E-state index contributed by atoms with van der Waals surface area (Å²) in [5.41, 5.74) is 1.75. The van der Waals surface area contributed by atoms with E-state index in [2.05, 4.69) is 46.0 Å². The molecule has 0 radical (unpaired) electrons. The number of benzene rings is 1. The van der Waals surface area contributed by atoms with Crippen molar-refractivity contribution >= 4 is 0 Å². The zero-order valence-corrected chi connectivity index (χ0v) is 17.4. The van der Waals surface area contributed by atoms with Gasteiger partial charge in [0, 0.05) is 18.5 Å². The van der Waals surface area contributed by atoms with Crippen LogP contribution in [0.2, 0.25) is 0 Å². The van der Waals surface area contributed by atoms with Crippen molar-refractivity contribution in [2.24, 2.45) is 5.92 Å². The second-order valence-corrected chi connectivity index (χ2v) is 8.07. The Balaban J connectivity index is 1.30. The van der Waals surface area contributed by atoms with Gasteiger partial charge >= 0.3 is 0 Å². The molecule has 1 saturated heterocycles. The Labute approximate surface area is 176 Å². The third-order valence-electron chi connectivity index (χ3n) is 5.32. The van der Waals surface area contributed by atoms with Crippen LogP contribution in [0.25, 0.3) is 11.5 Å². The number of rotatable bonds is 7. The summed E-state index contributed by atoms with van der Waals surface area (Å²) in [5, 5.41) is 3.99. The van der Waals surface area contributed by atoms with Crippen LogP contribution in [0.5, 0.6) is 5.75 Å². The molecule has 0 bridgehead atoms. The van der Waals surface area contributed by atoms with Crippen molar-refractivity contribution in [2.45, 2.75) is 45.8 Å². The molecule has 3 heterocycles. The fourth-order valence-corrected chi connectivity index (χ4v) is 3.79. The highest BCUT2D eigenvalue weighted by molar-refractivity contribution is 5.47. The molecule has 0 aliphatic carbocycles. The van der Waals surface area contributed by atoms with Gasteiger partial charge in [-0.2, -0.15) is 4.98 Å². The van der Waals surface area contributed by atoms with Crippen molar-refractivity contribution in [1.29, 1.82) is 0 Å². The van der Waals surface area contributed by atoms with E-state index in [9.17, 15) is 4.39 Å². The topological polar surface area (TPSA) is 64.3 Å². The lowest BCUT2D eigenvalue weighted by atomic mass is 9.93. The number of ether oxygens (including phenoxy) is 1. The van der Waals surface area contributed by atoms with Crippen molar-refractivity contribution in [1.82, 2.24) is 20.0 Å². The molecule has 7 heteroatoms. The van der Waals surface area contributed by atoms with E-state index in [1.807, 2.05) is 12.1 Å². The van der Waals surface area contributed by atoms with E-state index in [1.165, 1.54) is 11.6 Å². The lowest BCUT2D eigenvalue weighted by molar-refractivity contribution is 0.166. The Hall–Kier alpha value is -2.80. The van der Waals surface area contributed by atoms with Gasteiger partial charge in [0.05, 0.1) is 12.3 Å². The molecule has 3 aromatic rings. The summed E-state index contributed by atoms with van der Waals surface area (Å²) >= 11 is 0. The minimum atomic E-state index is -0.382. The van der Waals surface area contributed by atoms with Gasteiger partial charge in [-0.1, -0.05) is 23.4 Å². The standard InChI is InChI=1S/C23H27FN4O2/c1-16(2)29-21-6-4-3-5-18(21)15-28-11-9-17(10-12-28)13-22-26-23(27-30-22)20-8-7-19(24)14-25-20/h3-8,14,16-17H,9-13,15H2,1-2H3. The number of halogens is 1. The van der Waals surface area contributed by atoms with Gasteiger partial charge in [-0.15, -0.1) is 0 Å². The number of aromatic nitrogens is 3. The first-order valence-corrected chi connectivity index (χ1v) is 10.5. The molecule has 4 rings (SSSR count). The fourth-order valence-electron chi connectivity index (χ4n) is 3.79. The lowest BCUT2D eigenvalue weighted by Crippen LogP contribution is -2.34. The molecular weight excluding hydrogens is 383 g/mol. The molecule has 6 nitrogen and oxygen atoms in total. The first kappa shape index (κ1) is 20.5. The molecule has 1 aliphatic heterocycles. The first-order valence-electron chi connectivity index (χ1n) is 10.5. The molecule has 0 saturated carbocycles. The maximum Gasteiger partial charge on any atom is 0.227 e. The summed E-state index contributed by atoms with van der Waals surface area (Å²) in [6, 6.07) is 11.2. The summed E-state index contributed by atoms with van der Waals surface area (Å²) in [7, 11) is 0. The van der Waals surface area contributed by atoms with Crippen LogP contribution in [0.3, 0.4) is 0 Å². The fraction of sp³-hybridized carbons (Fsp3) is 0.435. The normalized spacial score (nSPS) is 15.6. The molecule has 2 aromatic heterocycles. The predicted molar refractivity (Wildman–Crippen MR) is 111 cm³/mol. The van der Waals surface area contributed by atoms with Crippen molar-refractivity contribution in [3.05, 3.63) is 59.9 Å². The maximum absolute atomic E-state index is 13.0. The minimum absolute atomic E-state index is 0.168. The van der Waals surface area contributed by atoms with Crippen LogP contribution in [0.15, 0.2) is 47.1 Å². The van der Waals surface area contributed by atoms with Gasteiger partial charge in [0.25, 0.3) is 0 Å². The first-order chi connectivity index (χ1) is 14.6. The van der Waals surface area contributed by atoms with Gasteiger partial charge in [-0.05, 0) is 63.9 Å². The predicted octanol–water partition coefficient (Wildman–Crippen LogP) is 4.51. The van der Waals surface area contributed by atoms with Crippen molar-refractivity contribution < 1.29 is 13.7 Å². The van der Waals surface area contributed by atoms with E-state index >= 15 is 0 Å². The lowest BCUT2D eigenvalue weighted by Gasteiger charge is -2.31. The number of nitrogens with zero attached hydrogens (tertiary/aromatic N) is 4. The van der Waals surface area contributed by atoms with Crippen molar-refractivity contribution in [3.8, 4) is 17.3 Å². The summed E-state index contributed by atoms with van der Waals surface area (Å²) in [6.07, 6.45) is 4.25. The number of piperidine rings is 1. The molecule has 0 N–H and O–H groups in total. The molecule has 0 unspecified atom stereocenters. The molecule has 158 valence electrons. The zero-order valence-electron chi connectivity index (χ0n) is 17.4. The Morgan fingerprint density at radius 2 is 1.97 bits per heavy atom. The molecular formula is C23H27FN4O2. The third kappa shape index (κ3) is 5.21. The van der Waals surface area contributed by atoms with Crippen LogP contribution in [-0.2, 0) is 13.0 Å². The monoisotopic (exact) mass is 410 g/mol. The number of hydrogen-bond acceptors (Lipinski definition) is 6. The highest BCUT2D eigenvalue weighted by atomic mass is 19.1. The number of para-hydroxylation sites is 1. The van der Waals surface area contributed by atoms with E-state index in [-0.39, 0.29) is 11.9 Å². The van der Waals surface area contributed by atoms with E-state index in [4.69, 9.17) is 9.26 Å². The summed E-state index contributed by atoms with van der Waals surface area (Å²) < 4.78 is 24.4. The third-order valence-corrected chi connectivity index (χ3v) is 5.32. The average molecular weight is 410 g/mol. The largest absolute Gasteiger partial charge is 0.491 e. The van der Waals surface area contributed by atoms with Crippen LogP contribution in [0.4, 0.5) is 4.39 Å². The molecule has 0 amide bonds. The Kier molecular flexibility index (Phi) is 6.38. The molecule has 30 heavy (non-hydrogen) atoms. The quantitative estimate of drug-likeness (QED) is 0.571. The van der Waals surface area contributed by atoms with Crippen LogP contribution in [0.1, 0.15) is 38.1 Å². The molecule has 1 aliphatic rings. The number of likely N-dealkylation sites (tertiary alicyclic amines) is 1. The smallest absolute Gasteiger partial charge is 0.227 e. The molecule has 1 aromatic carbocycles. The van der Waals surface area contributed by atoms with E-state index in [0.717, 1.165) is 50.8 Å². The van der Waals surface area contributed by atoms with E-state index in [1.54, 1.807) is 6.07 Å².